The molecule has 0 bridgehead atoms. The molecule has 0 aromatic carbocycles. The van der Waals surface area contributed by atoms with Gasteiger partial charge in [-0.05, 0) is 33.0 Å². The molecule has 0 spiro atoms. The van der Waals surface area contributed by atoms with Crippen LogP contribution in [0.25, 0.3) is 0 Å². The Hall–Kier alpha value is -1.62. The second-order valence-electron chi connectivity index (χ2n) is 4.90. The highest BCUT2D eigenvalue weighted by molar-refractivity contribution is 5.94. The van der Waals surface area contributed by atoms with Gasteiger partial charge in [-0.3, -0.25) is 4.98 Å². The van der Waals surface area contributed by atoms with E-state index in [1.807, 2.05) is 0 Å². The van der Waals surface area contributed by atoms with E-state index in [0.29, 0.717) is 6.04 Å². The van der Waals surface area contributed by atoms with Crippen LogP contribution in [0.1, 0.15) is 23.2 Å². The van der Waals surface area contributed by atoms with E-state index in [2.05, 4.69) is 28.9 Å². The summed E-state index contributed by atoms with van der Waals surface area (Å²) in [6.45, 7) is 1.78. The van der Waals surface area contributed by atoms with Crippen LogP contribution >= 0.6 is 0 Å². The van der Waals surface area contributed by atoms with Gasteiger partial charge in [-0.15, -0.1) is 0 Å². The summed E-state index contributed by atoms with van der Waals surface area (Å²) in [5.74, 6) is -0.912. The Bertz CT molecular complexity index is 434. The highest BCUT2D eigenvalue weighted by Gasteiger charge is 2.24. The lowest BCUT2D eigenvalue weighted by Gasteiger charge is -2.37. The van der Waals surface area contributed by atoms with Crippen LogP contribution in [0.3, 0.4) is 0 Å². The second-order valence-corrected chi connectivity index (χ2v) is 4.90. The lowest BCUT2D eigenvalue weighted by molar-refractivity contribution is 0.0697. The van der Waals surface area contributed by atoms with Gasteiger partial charge in [0.05, 0.1) is 5.69 Å². The molecule has 1 atom stereocenters. The largest absolute Gasteiger partial charge is 0.478 e. The number of likely N-dealkylation sites (N-methyl/N-ethyl adjacent to an activating group) is 1. The van der Waals surface area contributed by atoms with Gasteiger partial charge in [-0.25, -0.2) is 4.79 Å². The number of aromatic nitrogens is 1. The number of carboxylic acid groups (broad SMARTS) is 1. The Morgan fingerprint density at radius 1 is 1.56 bits per heavy atom. The Kier molecular flexibility index (Phi) is 3.81. The molecule has 1 N–H and O–H groups in total. The molecule has 2 rings (SSSR count). The van der Waals surface area contributed by atoms with Gasteiger partial charge in [0.2, 0.25) is 0 Å². The van der Waals surface area contributed by atoms with Crippen LogP contribution in [0.15, 0.2) is 18.5 Å². The summed E-state index contributed by atoms with van der Waals surface area (Å²) < 4.78 is 0. The van der Waals surface area contributed by atoms with E-state index >= 15 is 0 Å². The molecule has 1 unspecified atom stereocenters. The number of hydrogen-bond donors (Lipinski definition) is 1. The zero-order valence-corrected chi connectivity index (χ0v) is 10.8. The van der Waals surface area contributed by atoms with Crippen molar-refractivity contribution in [3.8, 4) is 0 Å². The summed E-state index contributed by atoms with van der Waals surface area (Å²) in [5.41, 5.74) is 1.07. The predicted octanol–water partition coefficient (Wildman–Crippen LogP) is 1.31. The summed E-state index contributed by atoms with van der Waals surface area (Å²) in [7, 11) is 4.14. The summed E-state index contributed by atoms with van der Waals surface area (Å²) in [4.78, 5) is 19.5. The van der Waals surface area contributed by atoms with Gasteiger partial charge in [0, 0.05) is 31.5 Å². The fourth-order valence-corrected chi connectivity index (χ4v) is 2.42. The SMILES string of the molecule is CN(C)C1CCCN(c2ccncc2C(=O)O)C1. The van der Waals surface area contributed by atoms with Crippen molar-refractivity contribution in [2.45, 2.75) is 18.9 Å². The smallest absolute Gasteiger partial charge is 0.339 e. The van der Waals surface area contributed by atoms with Crippen LogP contribution in [-0.2, 0) is 0 Å². The van der Waals surface area contributed by atoms with Crippen LogP contribution in [0.5, 0.6) is 0 Å². The van der Waals surface area contributed by atoms with E-state index < -0.39 is 5.97 Å². The van der Waals surface area contributed by atoms with E-state index in [0.717, 1.165) is 31.6 Å². The number of hydrogen-bond acceptors (Lipinski definition) is 4. The lowest BCUT2D eigenvalue weighted by Crippen LogP contribution is -2.45. The van der Waals surface area contributed by atoms with Crippen LogP contribution in [-0.4, -0.2) is 54.2 Å². The Morgan fingerprint density at radius 2 is 2.33 bits per heavy atom. The number of pyridine rings is 1. The molecule has 5 nitrogen and oxygen atoms in total. The van der Waals surface area contributed by atoms with Gasteiger partial charge in [0.25, 0.3) is 0 Å². The average Bonchev–Trinajstić information content (AvgIpc) is 2.39. The third kappa shape index (κ3) is 2.61. The molecular formula is C13H19N3O2. The van der Waals surface area contributed by atoms with Gasteiger partial charge in [0.15, 0.2) is 0 Å². The fourth-order valence-electron chi connectivity index (χ4n) is 2.42. The quantitative estimate of drug-likeness (QED) is 0.875. The highest BCUT2D eigenvalue weighted by atomic mass is 16.4. The second kappa shape index (κ2) is 5.35. The topological polar surface area (TPSA) is 56.7 Å². The molecule has 1 saturated heterocycles. The minimum absolute atomic E-state index is 0.289. The normalized spacial score (nSPS) is 20.2. The van der Waals surface area contributed by atoms with Crippen LogP contribution in [0.4, 0.5) is 5.69 Å². The predicted molar refractivity (Wildman–Crippen MR) is 70.1 cm³/mol. The van der Waals surface area contributed by atoms with Crippen molar-refractivity contribution < 1.29 is 9.90 Å². The molecule has 18 heavy (non-hydrogen) atoms. The summed E-state index contributed by atoms with van der Waals surface area (Å²) in [6, 6.07) is 2.27. The van der Waals surface area contributed by atoms with Crippen LogP contribution in [0, 0.1) is 0 Å². The maximum Gasteiger partial charge on any atom is 0.339 e. The Morgan fingerprint density at radius 3 is 3.00 bits per heavy atom. The zero-order valence-electron chi connectivity index (χ0n) is 10.8. The number of carboxylic acids is 1. The van der Waals surface area contributed by atoms with Crippen molar-refractivity contribution in [1.29, 1.82) is 0 Å². The van der Waals surface area contributed by atoms with Crippen LogP contribution in [0.2, 0.25) is 0 Å². The molecule has 5 heteroatoms. The molecule has 0 radical (unpaired) electrons. The van der Waals surface area contributed by atoms with Crippen molar-refractivity contribution >= 4 is 11.7 Å². The van der Waals surface area contributed by atoms with Crippen molar-refractivity contribution in [3.63, 3.8) is 0 Å². The molecule has 1 aliphatic rings. The molecule has 1 aromatic rings. The van der Waals surface area contributed by atoms with Gasteiger partial charge in [-0.1, -0.05) is 0 Å². The fraction of sp³-hybridized carbons (Fsp3) is 0.538. The molecule has 0 amide bonds. The first-order valence-corrected chi connectivity index (χ1v) is 6.18. The van der Waals surface area contributed by atoms with E-state index in [1.54, 1.807) is 12.3 Å². The van der Waals surface area contributed by atoms with Gasteiger partial charge >= 0.3 is 5.97 Å². The van der Waals surface area contributed by atoms with Crippen molar-refractivity contribution in [2.24, 2.45) is 0 Å². The number of nitrogens with zero attached hydrogens (tertiary/aromatic N) is 3. The highest BCUT2D eigenvalue weighted by Crippen LogP contribution is 2.24. The first-order chi connectivity index (χ1) is 8.59. The maximum atomic E-state index is 11.2. The van der Waals surface area contributed by atoms with Crippen molar-refractivity contribution in [1.82, 2.24) is 9.88 Å². The Labute approximate surface area is 107 Å². The monoisotopic (exact) mass is 249 g/mol. The first-order valence-electron chi connectivity index (χ1n) is 6.18. The molecular weight excluding hydrogens is 230 g/mol. The van der Waals surface area contributed by atoms with Crippen LogP contribution < -0.4 is 4.90 Å². The molecule has 98 valence electrons. The lowest BCUT2D eigenvalue weighted by atomic mass is 10.0. The third-order valence-electron chi connectivity index (χ3n) is 3.50. The van der Waals surface area contributed by atoms with Gasteiger partial charge < -0.3 is 14.9 Å². The number of rotatable bonds is 3. The third-order valence-corrected chi connectivity index (χ3v) is 3.50. The maximum absolute atomic E-state index is 11.2. The zero-order chi connectivity index (χ0) is 13.1. The van der Waals surface area contributed by atoms with E-state index in [4.69, 9.17) is 0 Å². The van der Waals surface area contributed by atoms with E-state index in [-0.39, 0.29) is 5.56 Å². The minimum Gasteiger partial charge on any atom is -0.478 e. The summed E-state index contributed by atoms with van der Waals surface area (Å²) in [6.07, 6.45) is 5.33. The minimum atomic E-state index is -0.912. The summed E-state index contributed by atoms with van der Waals surface area (Å²) in [5, 5.41) is 9.19. The van der Waals surface area contributed by atoms with Gasteiger partial charge in [0.1, 0.15) is 5.56 Å². The molecule has 0 aliphatic carbocycles. The number of anilines is 1. The number of aromatic carboxylic acids is 1. The first kappa shape index (κ1) is 12.8. The van der Waals surface area contributed by atoms with Crippen molar-refractivity contribution in [2.75, 3.05) is 32.1 Å². The summed E-state index contributed by atoms with van der Waals surface area (Å²) >= 11 is 0. The molecule has 1 aliphatic heterocycles. The standard InChI is InChI=1S/C13H19N3O2/c1-15(2)10-4-3-7-16(9-10)12-5-6-14-8-11(12)13(17)18/h5-6,8,10H,3-4,7,9H2,1-2H3,(H,17,18). The van der Waals surface area contributed by atoms with E-state index in [1.165, 1.54) is 6.20 Å². The molecule has 1 fully saturated rings. The van der Waals surface area contributed by atoms with E-state index in [9.17, 15) is 9.90 Å². The Balaban J connectivity index is 2.23. The number of piperidine rings is 1. The molecule has 2 heterocycles. The molecule has 1 aromatic heterocycles. The number of carbonyl (C=O) groups is 1. The average molecular weight is 249 g/mol. The molecule has 0 saturated carbocycles. The van der Waals surface area contributed by atoms with Crippen molar-refractivity contribution in [3.05, 3.63) is 24.0 Å². The van der Waals surface area contributed by atoms with Gasteiger partial charge in [-0.2, -0.15) is 0 Å².